The molecule has 1 rings (SSSR count). The Labute approximate surface area is 108 Å². The molecule has 0 saturated carbocycles. The van der Waals surface area contributed by atoms with Crippen LogP contribution in [0.5, 0.6) is 5.75 Å². The SMILES string of the molecule is CN(C)C(=O)/C(C#N)=C/c1cc(Br)ccc1O. The van der Waals surface area contributed by atoms with E-state index in [9.17, 15) is 9.90 Å². The lowest BCUT2D eigenvalue weighted by Crippen LogP contribution is -2.22. The van der Waals surface area contributed by atoms with E-state index < -0.39 is 5.91 Å². The molecule has 88 valence electrons. The maximum absolute atomic E-state index is 11.6. The maximum atomic E-state index is 11.6. The van der Waals surface area contributed by atoms with Gasteiger partial charge in [-0.25, -0.2) is 0 Å². The highest BCUT2D eigenvalue weighted by molar-refractivity contribution is 9.10. The number of rotatable bonds is 2. The van der Waals surface area contributed by atoms with Crippen molar-refractivity contribution in [1.82, 2.24) is 4.90 Å². The summed E-state index contributed by atoms with van der Waals surface area (Å²) in [6, 6.07) is 6.62. The quantitative estimate of drug-likeness (QED) is 0.671. The monoisotopic (exact) mass is 294 g/mol. The molecule has 1 aromatic carbocycles. The van der Waals surface area contributed by atoms with Crippen LogP contribution in [0.1, 0.15) is 5.56 Å². The number of nitrogens with zero attached hydrogens (tertiary/aromatic N) is 2. The first-order chi connectivity index (χ1) is 7.95. The average Bonchev–Trinajstić information content (AvgIpc) is 2.29. The van der Waals surface area contributed by atoms with Gasteiger partial charge < -0.3 is 10.0 Å². The van der Waals surface area contributed by atoms with Gasteiger partial charge in [-0.2, -0.15) is 5.26 Å². The van der Waals surface area contributed by atoms with Crippen LogP contribution in [-0.4, -0.2) is 30.0 Å². The number of carbonyl (C=O) groups excluding carboxylic acids is 1. The summed E-state index contributed by atoms with van der Waals surface area (Å²) < 4.78 is 0.760. The van der Waals surface area contributed by atoms with Gasteiger partial charge in [-0.05, 0) is 24.3 Å². The van der Waals surface area contributed by atoms with Gasteiger partial charge in [0.05, 0.1) is 0 Å². The highest BCUT2D eigenvalue weighted by Crippen LogP contribution is 2.24. The normalized spacial score (nSPS) is 10.8. The van der Waals surface area contributed by atoms with Gasteiger partial charge in [-0.3, -0.25) is 4.79 Å². The van der Waals surface area contributed by atoms with Crippen LogP contribution >= 0.6 is 15.9 Å². The zero-order valence-electron chi connectivity index (χ0n) is 9.44. The lowest BCUT2D eigenvalue weighted by Gasteiger charge is -2.09. The summed E-state index contributed by atoms with van der Waals surface area (Å²) in [5.41, 5.74) is 0.398. The lowest BCUT2D eigenvalue weighted by molar-refractivity contribution is -0.124. The third-order valence-corrected chi connectivity index (χ3v) is 2.54. The van der Waals surface area contributed by atoms with Gasteiger partial charge in [-0.1, -0.05) is 15.9 Å². The molecule has 1 aromatic rings. The molecule has 0 aliphatic carbocycles. The molecule has 0 spiro atoms. The van der Waals surface area contributed by atoms with Crippen molar-refractivity contribution < 1.29 is 9.90 Å². The van der Waals surface area contributed by atoms with Crippen LogP contribution in [0.2, 0.25) is 0 Å². The lowest BCUT2D eigenvalue weighted by atomic mass is 10.1. The van der Waals surface area contributed by atoms with Gasteiger partial charge >= 0.3 is 0 Å². The Balaban J connectivity index is 3.20. The number of amides is 1. The molecule has 5 heteroatoms. The standard InChI is InChI=1S/C12H11BrN2O2/c1-15(2)12(17)9(7-14)5-8-6-10(13)3-4-11(8)16/h3-6,16H,1-2H3/b9-5+. The predicted octanol–water partition coefficient (Wildman–Crippen LogP) is 2.15. The third kappa shape index (κ3) is 3.33. The van der Waals surface area contributed by atoms with Crippen molar-refractivity contribution in [2.45, 2.75) is 0 Å². The first-order valence-electron chi connectivity index (χ1n) is 4.77. The summed E-state index contributed by atoms with van der Waals surface area (Å²) in [5, 5.41) is 18.5. The van der Waals surface area contributed by atoms with Crippen LogP contribution < -0.4 is 0 Å². The van der Waals surface area contributed by atoms with E-state index in [1.54, 1.807) is 26.2 Å². The van der Waals surface area contributed by atoms with Crippen molar-refractivity contribution in [3.63, 3.8) is 0 Å². The number of phenolic OH excluding ortho intramolecular Hbond substituents is 1. The van der Waals surface area contributed by atoms with E-state index in [-0.39, 0.29) is 11.3 Å². The Morgan fingerprint density at radius 2 is 2.18 bits per heavy atom. The fraction of sp³-hybridized carbons (Fsp3) is 0.167. The molecule has 0 radical (unpaired) electrons. The van der Waals surface area contributed by atoms with Gasteiger partial charge in [0.2, 0.25) is 0 Å². The van der Waals surface area contributed by atoms with Gasteiger partial charge in [-0.15, -0.1) is 0 Å². The van der Waals surface area contributed by atoms with Crippen LogP contribution in [0.4, 0.5) is 0 Å². The van der Waals surface area contributed by atoms with Gasteiger partial charge in [0.15, 0.2) is 0 Å². The van der Waals surface area contributed by atoms with Crippen LogP contribution in [0.15, 0.2) is 28.2 Å². The van der Waals surface area contributed by atoms with Crippen LogP contribution in [0.3, 0.4) is 0 Å². The van der Waals surface area contributed by atoms with E-state index in [4.69, 9.17) is 5.26 Å². The summed E-state index contributed by atoms with van der Waals surface area (Å²) in [6.45, 7) is 0. The Morgan fingerprint density at radius 3 is 2.71 bits per heavy atom. The van der Waals surface area contributed by atoms with Crippen LogP contribution in [-0.2, 0) is 4.79 Å². The summed E-state index contributed by atoms with van der Waals surface area (Å²) in [7, 11) is 3.13. The molecule has 0 aliphatic rings. The molecule has 0 atom stereocenters. The Hall–Kier alpha value is -1.80. The molecule has 0 heterocycles. The first kappa shape index (κ1) is 13.3. The van der Waals surface area contributed by atoms with E-state index in [1.165, 1.54) is 17.0 Å². The van der Waals surface area contributed by atoms with E-state index in [1.807, 2.05) is 6.07 Å². The van der Waals surface area contributed by atoms with Crippen molar-refractivity contribution in [2.75, 3.05) is 14.1 Å². The zero-order chi connectivity index (χ0) is 13.0. The van der Waals surface area contributed by atoms with Crippen molar-refractivity contribution in [2.24, 2.45) is 0 Å². The molecule has 0 bridgehead atoms. The van der Waals surface area contributed by atoms with E-state index in [0.29, 0.717) is 5.56 Å². The van der Waals surface area contributed by atoms with E-state index in [0.717, 1.165) is 4.47 Å². The molecule has 4 nitrogen and oxygen atoms in total. The van der Waals surface area contributed by atoms with Gasteiger partial charge in [0.1, 0.15) is 17.4 Å². The number of benzene rings is 1. The molecule has 0 fully saturated rings. The van der Waals surface area contributed by atoms with Crippen molar-refractivity contribution >= 4 is 27.9 Å². The molecular formula is C12H11BrN2O2. The van der Waals surface area contributed by atoms with E-state index in [2.05, 4.69) is 15.9 Å². The smallest absolute Gasteiger partial charge is 0.264 e. The Kier molecular flexibility index (Phi) is 4.30. The number of hydrogen-bond donors (Lipinski definition) is 1. The molecule has 0 saturated heterocycles. The fourth-order valence-electron chi connectivity index (χ4n) is 1.18. The molecule has 0 aliphatic heterocycles. The van der Waals surface area contributed by atoms with Crippen molar-refractivity contribution in [3.05, 3.63) is 33.8 Å². The first-order valence-corrected chi connectivity index (χ1v) is 5.57. The molecular weight excluding hydrogens is 284 g/mol. The number of halogens is 1. The van der Waals surface area contributed by atoms with Crippen molar-refractivity contribution in [1.29, 1.82) is 5.26 Å². The summed E-state index contributed by atoms with van der Waals surface area (Å²) >= 11 is 3.26. The second-order valence-corrected chi connectivity index (χ2v) is 4.49. The Morgan fingerprint density at radius 1 is 1.53 bits per heavy atom. The van der Waals surface area contributed by atoms with Crippen molar-refractivity contribution in [3.8, 4) is 11.8 Å². The molecule has 0 unspecified atom stereocenters. The molecule has 0 aromatic heterocycles. The second kappa shape index (κ2) is 5.51. The predicted molar refractivity (Wildman–Crippen MR) is 68.1 cm³/mol. The number of nitriles is 1. The molecule has 1 amide bonds. The number of phenols is 1. The number of likely N-dealkylation sites (N-methyl/N-ethyl adjacent to an activating group) is 1. The molecule has 17 heavy (non-hydrogen) atoms. The summed E-state index contributed by atoms with van der Waals surface area (Å²) in [5.74, 6) is -0.376. The molecule has 1 N–H and O–H groups in total. The minimum Gasteiger partial charge on any atom is -0.507 e. The van der Waals surface area contributed by atoms with Crippen LogP contribution in [0, 0.1) is 11.3 Å². The highest BCUT2D eigenvalue weighted by Gasteiger charge is 2.12. The van der Waals surface area contributed by atoms with Gasteiger partial charge in [0, 0.05) is 24.1 Å². The zero-order valence-corrected chi connectivity index (χ0v) is 11.0. The number of aromatic hydroxyl groups is 1. The topological polar surface area (TPSA) is 64.3 Å². The van der Waals surface area contributed by atoms with E-state index >= 15 is 0 Å². The van der Waals surface area contributed by atoms with Crippen LogP contribution in [0.25, 0.3) is 6.08 Å². The maximum Gasteiger partial charge on any atom is 0.264 e. The Bertz CT molecular complexity index is 516. The largest absolute Gasteiger partial charge is 0.507 e. The second-order valence-electron chi connectivity index (χ2n) is 3.57. The number of carbonyl (C=O) groups is 1. The summed E-state index contributed by atoms with van der Waals surface area (Å²) in [6.07, 6.45) is 1.36. The average molecular weight is 295 g/mol. The third-order valence-electron chi connectivity index (χ3n) is 2.05. The minimum atomic E-state index is -0.396. The van der Waals surface area contributed by atoms with Gasteiger partial charge in [0.25, 0.3) is 5.91 Å². The minimum absolute atomic E-state index is 0.0208. The summed E-state index contributed by atoms with van der Waals surface area (Å²) in [4.78, 5) is 12.9. The highest BCUT2D eigenvalue weighted by atomic mass is 79.9. The number of hydrogen-bond acceptors (Lipinski definition) is 3. The fourth-order valence-corrected chi connectivity index (χ4v) is 1.56.